The highest BCUT2D eigenvalue weighted by atomic mass is 16.5. The van der Waals surface area contributed by atoms with Crippen LogP contribution in [0.4, 0.5) is 4.79 Å². The molecule has 1 N–H and O–H groups in total. The van der Waals surface area contributed by atoms with Crippen molar-refractivity contribution in [1.29, 1.82) is 0 Å². The molecule has 3 aliphatic rings. The van der Waals surface area contributed by atoms with E-state index in [9.17, 15) is 9.59 Å². The van der Waals surface area contributed by atoms with Gasteiger partial charge in [0.25, 0.3) is 0 Å². The SMILES string of the molecule is COC(=O)N1CCC([C@@H](C)NC(=O)[C@@H]2CC23CCOCC3)CC1. The van der Waals surface area contributed by atoms with E-state index in [-0.39, 0.29) is 29.4 Å². The largest absolute Gasteiger partial charge is 0.453 e. The topological polar surface area (TPSA) is 67.9 Å². The van der Waals surface area contributed by atoms with E-state index in [1.165, 1.54) is 7.11 Å². The molecule has 0 bridgehead atoms. The minimum Gasteiger partial charge on any atom is -0.453 e. The molecular weight excluding hydrogens is 296 g/mol. The number of nitrogens with one attached hydrogen (secondary N) is 1. The number of hydrogen-bond donors (Lipinski definition) is 1. The Balaban J connectivity index is 1.44. The number of hydrogen-bond acceptors (Lipinski definition) is 4. The van der Waals surface area contributed by atoms with Crippen LogP contribution < -0.4 is 5.32 Å². The quantitative estimate of drug-likeness (QED) is 0.859. The van der Waals surface area contributed by atoms with Gasteiger partial charge in [-0.3, -0.25) is 4.79 Å². The first-order valence-electron chi connectivity index (χ1n) is 8.77. The van der Waals surface area contributed by atoms with Crippen LogP contribution >= 0.6 is 0 Å². The van der Waals surface area contributed by atoms with Crippen molar-refractivity contribution in [3.8, 4) is 0 Å². The fourth-order valence-corrected chi connectivity index (χ4v) is 4.20. The van der Waals surface area contributed by atoms with E-state index in [1.807, 2.05) is 0 Å². The van der Waals surface area contributed by atoms with Crippen LogP contribution in [0.25, 0.3) is 0 Å². The molecule has 2 saturated heterocycles. The van der Waals surface area contributed by atoms with Crippen LogP contribution in [0.5, 0.6) is 0 Å². The standard InChI is InChI=1S/C17H28N2O4/c1-12(13-3-7-19(8-4-13)16(21)22-2)18-15(20)14-11-17(14)5-9-23-10-6-17/h12-14H,3-11H2,1-2H3,(H,18,20)/t12-,14+/m1/s1. The number of rotatable bonds is 3. The van der Waals surface area contributed by atoms with Gasteiger partial charge >= 0.3 is 6.09 Å². The number of piperidine rings is 1. The second kappa shape index (κ2) is 6.67. The highest BCUT2D eigenvalue weighted by molar-refractivity contribution is 5.82. The van der Waals surface area contributed by atoms with Gasteiger partial charge in [-0.1, -0.05) is 0 Å². The van der Waals surface area contributed by atoms with E-state index in [2.05, 4.69) is 12.2 Å². The lowest BCUT2D eigenvalue weighted by Crippen LogP contribution is -2.46. The fourth-order valence-electron chi connectivity index (χ4n) is 4.20. The zero-order valence-electron chi connectivity index (χ0n) is 14.2. The third kappa shape index (κ3) is 3.47. The van der Waals surface area contributed by atoms with Crippen LogP contribution in [0.15, 0.2) is 0 Å². The second-order valence-corrected chi connectivity index (χ2v) is 7.32. The number of carbonyl (C=O) groups excluding carboxylic acids is 2. The molecule has 0 aromatic heterocycles. The summed E-state index contributed by atoms with van der Waals surface area (Å²) in [5.41, 5.74) is 0.232. The molecular formula is C17H28N2O4. The van der Waals surface area contributed by atoms with Gasteiger partial charge in [0.05, 0.1) is 7.11 Å². The molecule has 3 rings (SSSR count). The van der Waals surface area contributed by atoms with Gasteiger partial charge in [-0.25, -0.2) is 4.79 Å². The molecule has 0 aromatic rings. The van der Waals surface area contributed by atoms with Crippen LogP contribution in [-0.2, 0) is 14.3 Å². The summed E-state index contributed by atoms with van der Waals surface area (Å²) in [5.74, 6) is 0.836. The van der Waals surface area contributed by atoms with Crippen LogP contribution in [0.3, 0.4) is 0 Å². The number of ether oxygens (including phenoxy) is 2. The van der Waals surface area contributed by atoms with Crippen molar-refractivity contribution in [1.82, 2.24) is 10.2 Å². The lowest BCUT2D eigenvalue weighted by atomic mass is 9.89. The van der Waals surface area contributed by atoms with Gasteiger partial charge in [-0.2, -0.15) is 0 Å². The zero-order chi connectivity index (χ0) is 16.4. The summed E-state index contributed by atoms with van der Waals surface area (Å²) in [6.07, 6.45) is 4.66. The second-order valence-electron chi connectivity index (χ2n) is 7.32. The number of carbonyl (C=O) groups is 2. The molecule has 2 aliphatic heterocycles. The lowest BCUT2D eigenvalue weighted by Gasteiger charge is -2.34. The molecule has 3 fully saturated rings. The Labute approximate surface area is 137 Å². The molecule has 2 heterocycles. The first-order valence-corrected chi connectivity index (χ1v) is 8.77. The maximum atomic E-state index is 12.5. The van der Waals surface area contributed by atoms with E-state index >= 15 is 0 Å². The third-order valence-electron chi connectivity index (χ3n) is 6.04. The summed E-state index contributed by atoms with van der Waals surface area (Å²) in [4.78, 5) is 25.8. The number of methoxy groups -OCH3 is 1. The van der Waals surface area contributed by atoms with Crippen LogP contribution in [0, 0.1) is 17.3 Å². The van der Waals surface area contributed by atoms with E-state index in [0.717, 1.165) is 45.3 Å². The Morgan fingerprint density at radius 2 is 1.91 bits per heavy atom. The van der Waals surface area contributed by atoms with E-state index in [1.54, 1.807) is 4.90 Å². The van der Waals surface area contributed by atoms with Gasteiger partial charge < -0.3 is 19.7 Å². The van der Waals surface area contributed by atoms with Crippen molar-refractivity contribution < 1.29 is 19.1 Å². The molecule has 1 aliphatic carbocycles. The van der Waals surface area contributed by atoms with Crippen molar-refractivity contribution >= 4 is 12.0 Å². The van der Waals surface area contributed by atoms with Crippen molar-refractivity contribution in [2.24, 2.45) is 17.3 Å². The Bertz CT molecular complexity index is 454. The number of nitrogens with zero attached hydrogens (tertiary/aromatic N) is 1. The van der Waals surface area contributed by atoms with Crippen molar-refractivity contribution in [3.05, 3.63) is 0 Å². The Kier molecular flexibility index (Phi) is 4.80. The van der Waals surface area contributed by atoms with Gasteiger partial charge in [-0.05, 0) is 50.4 Å². The van der Waals surface area contributed by atoms with Crippen molar-refractivity contribution in [2.75, 3.05) is 33.4 Å². The number of likely N-dealkylation sites (tertiary alicyclic amines) is 1. The summed E-state index contributed by atoms with van der Waals surface area (Å²) in [6, 6.07) is 0.166. The fraction of sp³-hybridized carbons (Fsp3) is 0.882. The summed E-state index contributed by atoms with van der Waals surface area (Å²) in [7, 11) is 1.42. The summed E-state index contributed by atoms with van der Waals surface area (Å²) < 4.78 is 10.2. The Morgan fingerprint density at radius 3 is 2.52 bits per heavy atom. The predicted octanol–water partition coefficient (Wildman–Crippen LogP) is 1.79. The molecule has 6 nitrogen and oxygen atoms in total. The monoisotopic (exact) mass is 324 g/mol. The minimum atomic E-state index is -0.250. The molecule has 0 unspecified atom stereocenters. The molecule has 6 heteroatoms. The molecule has 1 saturated carbocycles. The number of amides is 2. The summed E-state index contributed by atoms with van der Waals surface area (Å²) in [6.45, 7) is 5.11. The van der Waals surface area contributed by atoms with Gasteiger partial charge in [0.15, 0.2) is 0 Å². The average Bonchev–Trinajstić information content (AvgIpc) is 3.28. The van der Waals surface area contributed by atoms with Crippen LogP contribution in [-0.4, -0.2) is 56.4 Å². The normalized spacial score (nSPS) is 28.3. The van der Waals surface area contributed by atoms with Gasteiger partial charge in [-0.15, -0.1) is 0 Å². The first kappa shape index (κ1) is 16.6. The average molecular weight is 324 g/mol. The van der Waals surface area contributed by atoms with E-state index in [4.69, 9.17) is 9.47 Å². The highest BCUT2D eigenvalue weighted by Gasteiger charge is 2.58. The third-order valence-corrected chi connectivity index (χ3v) is 6.04. The van der Waals surface area contributed by atoms with E-state index in [0.29, 0.717) is 19.0 Å². The van der Waals surface area contributed by atoms with Gasteiger partial charge in [0.1, 0.15) is 0 Å². The maximum absolute atomic E-state index is 12.5. The molecule has 0 radical (unpaired) electrons. The molecule has 1 spiro atoms. The van der Waals surface area contributed by atoms with Crippen molar-refractivity contribution in [2.45, 2.75) is 45.1 Å². The smallest absolute Gasteiger partial charge is 0.409 e. The molecule has 130 valence electrons. The summed E-state index contributed by atoms with van der Waals surface area (Å²) >= 11 is 0. The van der Waals surface area contributed by atoms with Crippen LogP contribution in [0.1, 0.15) is 39.0 Å². The molecule has 23 heavy (non-hydrogen) atoms. The van der Waals surface area contributed by atoms with Crippen LogP contribution in [0.2, 0.25) is 0 Å². The van der Waals surface area contributed by atoms with Crippen molar-refractivity contribution in [3.63, 3.8) is 0 Å². The highest BCUT2D eigenvalue weighted by Crippen LogP contribution is 2.59. The van der Waals surface area contributed by atoms with Gasteiger partial charge in [0, 0.05) is 38.3 Å². The van der Waals surface area contributed by atoms with E-state index < -0.39 is 0 Å². The van der Waals surface area contributed by atoms with Gasteiger partial charge in [0.2, 0.25) is 5.91 Å². The first-order chi connectivity index (χ1) is 11.1. The Morgan fingerprint density at radius 1 is 1.26 bits per heavy atom. The Hall–Kier alpha value is -1.30. The minimum absolute atomic E-state index is 0.166. The predicted molar refractivity (Wildman–Crippen MR) is 84.9 cm³/mol. The zero-order valence-corrected chi connectivity index (χ0v) is 14.2. The summed E-state index contributed by atoms with van der Waals surface area (Å²) in [5, 5.41) is 3.23. The molecule has 2 amide bonds. The molecule has 0 aromatic carbocycles. The lowest BCUT2D eigenvalue weighted by molar-refractivity contribution is -0.124. The molecule has 2 atom stereocenters. The maximum Gasteiger partial charge on any atom is 0.409 e.